The molecule has 96 valence electrons. The van der Waals surface area contributed by atoms with Crippen molar-refractivity contribution in [2.45, 2.75) is 31.7 Å². The molecule has 0 amide bonds. The Bertz CT molecular complexity index is 355. The standard InChI is InChI=1S/C13H19Cl2NS/c1-4-16-13(9(2)3)8-17-10-5-6-11(14)12(15)7-10/h5-7,9,13,16H,4,8H2,1-3H3. The fourth-order valence-corrected chi connectivity index (χ4v) is 3.10. The van der Waals surface area contributed by atoms with Gasteiger partial charge in [0.2, 0.25) is 0 Å². The van der Waals surface area contributed by atoms with Crippen LogP contribution in [-0.2, 0) is 0 Å². The van der Waals surface area contributed by atoms with Gasteiger partial charge in [0.05, 0.1) is 10.0 Å². The molecule has 0 saturated heterocycles. The monoisotopic (exact) mass is 291 g/mol. The van der Waals surface area contributed by atoms with Crippen molar-refractivity contribution in [3.05, 3.63) is 28.2 Å². The zero-order valence-corrected chi connectivity index (χ0v) is 12.8. The van der Waals surface area contributed by atoms with Gasteiger partial charge in [0.1, 0.15) is 0 Å². The summed E-state index contributed by atoms with van der Waals surface area (Å²) in [5.74, 6) is 1.67. The summed E-state index contributed by atoms with van der Waals surface area (Å²) in [5, 5.41) is 4.74. The predicted octanol–water partition coefficient (Wildman–Crippen LogP) is 4.72. The van der Waals surface area contributed by atoms with Crippen LogP contribution >= 0.6 is 35.0 Å². The van der Waals surface area contributed by atoms with Gasteiger partial charge < -0.3 is 5.32 Å². The van der Waals surface area contributed by atoms with Crippen molar-refractivity contribution in [3.8, 4) is 0 Å². The van der Waals surface area contributed by atoms with Crippen molar-refractivity contribution in [2.75, 3.05) is 12.3 Å². The van der Waals surface area contributed by atoms with Crippen LogP contribution in [0.2, 0.25) is 10.0 Å². The molecule has 4 heteroatoms. The molecule has 0 aliphatic carbocycles. The second-order valence-electron chi connectivity index (χ2n) is 4.30. The number of halogens is 2. The Kier molecular flexibility index (Phi) is 6.71. The minimum atomic E-state index is 0.527. The Morgan fingerprint density at radius 3 is 2.47 bits per heavy atom. The molecule has 1 aromatic carbocycles. The Hall–Kier alpha value is 0.110. The summed E-state index contributed by atoms with van der Waals surface area (Å²) in [6.07, 6.45) is 0. The van der Waals surface area contributed by atoms with E-state index in [9.17, 15) is 0 Å². The van der Waals surface area contributed by atoms with Crippen LogP contribution in [-0.4, -0.2) is 18.3 Å². The molecule has 1 nitrogen and oxygen atoms in total. The van der Waals surface area contributed by atoms with Gasteiger partial charge in [-0.2, -0.15) is 0 Å². The van der Waals surface area contributed by atoms with E-state index in [1.807, 2.05) is 30.0 Å². The molecular formula is C13H19Cl2NS. The van der Waals surface area contributed by atoms with Crippen LogP contribution in [0.25, 0.3) is 0 Å². The molecule has 1 aromatic rings. The average Bonchev–Trinajstić information content (AvgIpc) is 2.28. The highest BCUT2D eigenvalue weighted by molar-refractivity contribution is 7.99. The first-order valence-corrected chi connectivity index (χ1v) is 7.60. The number of hydrogen-bond acceptors (Lipinski definition) is 2. The highest BCUT2D eigenvalue weighted by Crippen LogP contribution is 2.28. The van der Waals surface area contributed by atoms with Crippen LogP contribution in [0.4, 0.5) is 0 Å². The first-order chi connectivity index (χ1) is 8.04. The van der Waals surface area contributed by atoms with Crippen LogP contribution in [0.15, 0.2) is 23.1 Å². The molecule has 0 aromatic heterocycles. The first kappa shape index (κ1) is 15.2. The molecule has 0 aliphatic heterocycles. The van der Waals surface area contributed by atoms with Crippen LogP contribution in [0, 0.1) is 5.92 Å². The minimum Gasteiger partial charge on any atom is -0.313 e. The predicted molar refractivity (Wildman–Crippen MR) is 79.5 cm³/mol. The van der Waals surface area contributed by atoms with Gasteiger partial charge in [-0.1, -0.05) is 44.0 Å². The zero-order chi connectivity index (χ0) is 12.8. The highest BCUT2D eigenvalue weighted by atomic mass is 35.5. The maximum Gasteiger partial charge on any atom is 0.0603 e. The summed E-state index contributed by atoms with van der Waals surface area (Å²) >= 11 is 13.7. The second-order valence-corrected chi connectivity index (χ2v) is 6.20. The Balaban J connectivity index is 2.56. The third kappa shape index (κ3) is 5.09. The maximum atomic E-state index is 5.99. The van der Waals surface area contributed by atoms with E-state index in [1.54, 1.807) is 0 Å². The van der Waals surface area contributed by atoms with E-state index in [-0.39, 0.29) is 0 Å². The van der Waals surface area contributed by atoms with E-state index in [1.165, 1.54) is 4.90 Å². The van der Waals surface area contributed by atoms with Gasteiger partial charge in [-0.05, 0) is 30.7 Å². The Morgan fingerprint density at radius 1 is 1.24 bits per heavy atom. The SMILES string of the molecule is CCNC(CSc1ccc(Cl)c(Cl)c1)C(C)C. The molecule has 1 atom stereocenters. The molecule has 0 fully saturated rings. The third-order valence-corrected chi connectivity index (χ3v) is 4.44. The van der Waals surface area contributed by atoms with Crippen molar-refractivity contribution < 1.29 is 0 Å². The summed E-state index contributed by atoms with van der Waals surface area (Å²) in [5.41, 5.74) is 0. The van der Waals surface area contributed by atoms with Crippen LogP contribution < -0.4 is 5.32 Å². The maximum absolute atomic E-state index is 5.99. The van der Waals surface area contributed by atoms with Crippen LogP contribution in [0.3, 0.4) is 0 Å². The normalized spacial score (nSPS) is 13.1. The van der Waals surface area contributed by atoms with Crippen molar-refractivity contribution >= 4 is 35.0 Å². The smallest absolute Gasteiger partial charge is 0.0603 e. The molecule has 17 heavy (non-hydrogen) atoms. The topological polar surface area (TPSA) is 12.0 Å². The van der Waals surface area contributed by atoms with Crippen molar-refractivity contribution in [1.82, 2.24) is 5.32 Å². The van der Waals surface area contributed by atoms with E-state index in [0.717, 1.165) is 12.3 Å². The van der Waals surface area contributed by atoms with Crippen molar-refractivity contribution in [3.63, 3.8) is 0 Å². The summed E-state index contributed by atoms with van der Waals surface area (Å²) in [6, 6.07) is 6.32. The quantitative estimate of drug-likeness (QED) is 0.761. The van der Waals surface area contributed by atoms with Gasteiger partial charge in [0, 0.05) is 16.7 Å². The zero-order valence-electron chi connectivity index (χ0n) is 10.5. The number of hydrogen-bond donors (Lipinski definition) is 1. The lowest BCUT2D eigenvalue weighted by Crippen LogP contribution is -2.35. The van der Waals surface area contributed by atoms with E-state index >= 15 is 0 Å². The van der Waals surface area contributed by atoms with Gasteiger partial charge >= 0.3 is 0 Å². The molecule has 0 bridgehead atoms. The number of benzene rings is 1. The summed E-state index contributed by atoms with van der Waals surface area (Å²) in [4.78, 5) is 1.17. The van der Waals surface area contributed by atoms with E-state index in [0.29, 0.717) is 22.0 Å². The van der Waals surface area contributed by atoms with Gasteiger partial charge in [-0.3, -0.25) is 0 Å². The van der Waals surface area contributed by atoms with E-state index in [4.69, 9.17) is 23.2 Å². The third-order valence-electron chi connectivity index (χ3n) is 2.59. The van der Waals surface area contributed by atoms with Crippen molar-refractivity contribution in [1.29, 1.82) is 0 Å². The molecule has 0 heterocycles. The molecule has 1 unspecified atom stereocenters. The molecule has 0 radical (unpaired) electrons. The van der Waals surface area contributed by atoms with Crippen LogP contribution in [0.5, 0.6) is 0 Å². The number of rotatable bonds is 6. The molecule has 1 N–H and O–H groups in total. The van der Waals surface area contributed by atoms with Gasteiger partial charge in [0.25, 0.3) is 0 Å². The number of thioether (sulfide) groups is 1. The lowest BCUT2D eigenvalue weighted by molar-refractivity contribution is 0.443. The Morgan fingerprint density at radius 2 is 1.94 bits per heavy atom. The lowest BCUT2D eigenvalue weighted by Gasteiger charge is -2.21. The first-order valence-electron chi connectivity index (χ1n) is 5.85. The van der Waals surface area contributed by atoms with E-state index in [2.05, 4.69) is 26.1 Å². The second kappa shape index (κ2) is 7.52. The molecule has 0 saturated carbocycles. The average molecular weight is 292 g/mol. The van der Waals surface area contributed by atoms with Crippen molar-refractivity contribution in [2.24, 2.45) is 5.92 Å². The minimum absolute atomic E-state index is 0.527. The van der Waals surface area contributed by atoms with Crippen LogP contribution in [0.1, 0.15) is 20.8 Å². The molecule has 1 rings (SSSR count). The summed E-state index contributed by atoms with van der Waals surface area (Å²) in [7, 11) is 0. The molecule has 0 aliphatic rings. The molecular weight excluding hydrogens is 273 g/mol. The fourth-order valence-electron chi connectivity index (χ4n) is 1.50. The largest absolute Gasteiger partial charge is 0.313 e. The van der Waals surface area contributed by atoms with Gasteiger partial charge in [-0.25, -0.2) is 0 Å². The molecule has 0 spiro atoms. The Labute approximate surface area is 118 Å². The van der Waals surface area contributed by atoms with Gasteiger partial charge in [0.15, 0.2) is 0 Å². The summed E-state index contributed by atoms with van der Waals surface area (Å²) < 4.78 is 0. The summed E-state index contributed by atoms with van der Waals surface area (Å²) in [6.45, 7) is 7.62. The lowest BCUT2D eigenvalue weighted by atomic mass is 10.1. The van der Waals surface area contributed by atoms with E-state index < -0.39 is 0 Å². The van der Waals surface area contributed by atoms with Gasteiger partial charge in [-0.15, -0.1) is 11.8 Å². The highest BCUT2D eigenvalue weighted by Gasteiger charge is 2.12. The fraction of sp³-hybridized carbons (Fsp3) is 0.538. The number of nitrogens with one attached hydrogen (secondary N) is 1.